The molecule has 1 aliphatic rings. The molecule has 162 valence electrons. The van der Waals surface area contributed by atoms with Crippen LogP contribution in [0.25, 0.3) is 0 Å². The summed E-state index contributed by atoms with van der Waals surface area (Å²) in [5, 5.41) is 21.0. The highest BCUT2D eigenvalue weighted by molar-refractivity contribution is 5.89. The van der Waals surface area contributed by atoms with Crippen LogP contribution in [0.5, 0.6) is 0 Å². The molecule has 0 aliphatic carbocycles. The van der Waals surface area contributed by atoms with Crippen LogP contribution in [-0.4, -0.2) is 62.0 Å². The SMILES string of the molecule is O=C(NCc1ccc(CN2CCOCC2)cc1)c1nc(Cn2cc([N+](=O)[O-])cn2)no1. The molecule has 0 spiro atoms. The van der Waals surface area contributed by atoms with Crippen LogP contribution in [-0.2, 0) is 24.4 Å². The molecule has 0 bridgehead atoms. The summed E-state index contributed by atoms with van der Waals surface area (Å²) in [6, 6.07) is 8.04. The van der Waals surface area contributed by atoms with Crippen LogP contribution in [0.1, 0.15) is 27.6 Å². The minimum Gasteiger partial charge on any atom is -0.379 e. The average molecular weight is 427 g/mol. The van der Waals surface area contributed by atoms with Gasteiger partial charge in [0, 0.05) is 26.2 Å². The number of ether oxygens (including phenoxy) is 1. The van der Waals surface area contributed by atoms with Crippen LogP contribution >= 0.6 is 0 Å². The molecule has 0 saturated carbocycles. The van der Waals surface area contributed by atoms with Crippen molar-refractivity contribution in [1.82, 2.24) is 30.1 Å². The normalized spacial score (nSPS) is 14.5. The molecule has 12 heteroatoms. The van der Waals surface area contributed by atoms with Crippen LogP contribution in [0, 0.1) is 10.1 Å². The van der Waals surface area contributed by atoms with E-state index < -0.39 is 10.8 Å². The number of nitro groups is 1. The van der Waals surface area contributed by atoms with E-state index in [9.17, 15) is 14.9 Å². The van der Waals surface area contributed by atoms with Gasteiger partial charge in [-0.25, -0.2) is 0 Å². The van der Waals surface area contributed by atoms with E-state index in [1.165, 1.54) is 16.4 Å². The van der Waals surface area contributed by atoms with Crippen LogP contribution < -0.4 is 5.32 Å². The molecule has 31 heavy (non-hydrogen) atoms. The summed E-state index contributed by atoms with van der Waals surface area (Å²) in [5.41, 5.74) is 2.01. The third-order valence-electron chi connectivity index (χ3n) is 4.78. The van der Waals surface area contributed by atoms with Gasteiger partial charge in [0.2, 0.25) is 0 Å². The number of hydrogen-bond donors (Lipinski definition) is 1. The smallest absolute Gasteiger partial charge is 0.316 e. The summed E-state index contributed by atoms with van der Waals surface area (Å²) >= 11 is 0. The number of morpholine rings is 1. The third kappa shape index (κ3) is 5.49. The molecule has 2 aromatic heterocycles. The number of aromatic nitrogens is 4. The molecule has 3 aromatic rings. The maximum Gasteiger partial charge on any atom is 0.316 e. The fourth-order valence-electron chi connectivity index (χ4n) is 3.13. The number of hydrogen-bond acceptors (Lipinski definition) is 9. The highest BCUT2D eigenvalue weighted by Crippen LogP contribution is 2.11. The molecule has 1 N–H and O–H groups in total. The number of carbonyl (C=O) groups excluding carboxylic acids is 1. The Morgan fingerprint density at radius 1 is 1.16 bits per heavy atom. The first-order valence-electron chi connectivity index (χ1n) is 9.72. The molecule has 12 nitrogen and oxygen atoms in total. The molecular formula is C19H21N7O5. The van der Waals surface area contributed by atoms with Crippen molar-refractivity contribution in [2.45, 2.75) is 19.6 Å². The van der Waals surface area contributed by atoms with Gasteiger partial charge in [-0.1, -0.05) is 29.4 Å². The Balaban J connectivity index is 1.27. The molecule has 1 amide bonds. The first-order valence-corrected chi connectivity index (χ1v) is 9.72. The van der Waals surface area contributed by atoms with Gasteiger partial charge >= 0.3 is 17.5 Å². The molecule has 1 aliphatic heterocycles. The van der Waals surface area contributed by atoms with Crippen LogP contribution in [0.4, 0.5) is 5.69 Å². The predicted octanol–water partition coefficient (Wildman–Crippen LogP) is 0.985. The standard InChI is InChI=1S/C19H21N7O5/c27-18(19-22-17(23-31-19)13-25-12-16(10-21-25)26(28)29)20-9-14-1-3-15(4-2-14)11-24-5-7-30-8-6-24/h1-4,10,12H,5-9,11,13H2,(H,20,27). The van der Waals surface area contributed by atoms with E-state index in [-0.39, 0.29) is 23.9 Å². The first-order chi connectivity index (χ1) is 15.1. The summed E-state index contributed by atoms with van der Waals surface area (Å²) in [6.07, 6.45) is 2.37. The maximum atomic E-state index is 12.3. The lowest BCUT2D eigenvalue weighted by atomic mass is 10.1. The number of amides is 1. The minimum atomic E-state index is -0.548. The van der Waals surface area contributed by atoms with Gasteiger partial charge < -0.3 is 14.6 Å². The van der Waals surface area contributed by atoms with Crippen molar-refractivity contribution in [3.8, 4) is 0 Å². The number of rotatable bonds is 8. The fourth-order valence-corrected chi connectivity index (χ4v) is 3.13. The second kappa shape index (κ2) is 9.45. The molecule has 0 unspecified atom stereocenters. The monoisotopic (exact) mass is 427 g/mol. The van der Waals surface area contributed by atoms with Gasteiger partial charge in [0.25, 0.3) is 0 Å². The van der Waals surface area contributed by atoms with Gasteiger partial charge in [-0.3, -0.25) is 24.5 Å². The first kappa shape index (κ1) is 20.6. The fraction of sp³-hybridized carbons (Fsp3) is 0.368. The van der Waals surface area contributed by atoms with Gasteiger partial charge in [-0.05, 0) is 11.1 Å². The predicted molar refractivity (Wildman–Crippen MR) is 106 cm³/mol. The Morgan fingerprint density at radius 3 is 2.61 bits per heavy atom. The van der Waals surface area contributed by atoms with Gasteiger partial charge in [-0.2, -0.15) is 10.1 Å². The maximum absolute atomic E-state index is 12.3. The van der Waals surface area contributed by atoms with E-state index in [0.29, 0.717) is 6.54 Å². The topological polar surface area (TPSA) is 141 Å². The van der Waals surface area contributed by atoms with Gasteiger partial charge in [-0.15, -0.1) is 0 Å². The Labute approximate surface area is 176 Å². The molecule has 3 heterocycles. The summed E-state index contributed by atoms with van der Waals surface area (Å²) in [5.74, 6) is -0.487. The minimum absolute atomic E-state index is 0.0508. The van der Waals surface area contributed by atoms with Gasteiger partial charge in [0.15, 0.2) is 5.82 Å². The molecule has 4 rings (SSSR count). The van der Waals surface area contributed by atoms with Crippen molar-refractivity contribution >= 4 is 11.6 Å². The highest BCUT2D eigenvalue weighted by atomic mass is 16.6. The van der Waals surface area contributed by atoms with E-state index in [1.807, 2.05) is 24.3 Å². The summed E-state index contributed by atoms with van der Waals surface area (Å²) in [7, 11) is 0. The zero-order valence-electron chi connectivity index (χ0n) is 16.6. The van der Waals surface area contributed by atoms with Crippen molar-refractivity contribution in [3.05, 3.63) is 69.6 Å². The number of nitrogens with one attached hydrogen (secondary N) is 1. The number of benzene rings is 1. The molecule has 1 saturated heterocycles. The van der Waals surface area contributed by atoms with Gasteiger partial charge in [0.1, 0.15) is 18.9 Å². The quantitative estimate of drug-likeness (QED) is 0.411. The van der Waals surface area contributed by atoms with Crippen LogP contribution in [0.3, 0.4) is 0 Å². The van der Waals surface area contributed by atoms with E-state index in [4.69, 9.17) is 9.26 Å². The second-order valence-electron chi connectivity index (χ2n) is 7.06. The van der Waals surface area contributed by atoms with E-state index in [0.717, 1.165) is 44.6 Å². The molecule has 0 atom stereocenters. The Morgan fingerprint density at radius 2 is 1.90 bits per heavy atom. The Kier molecular flexibility index (Phi) is 6.29. The van der Waals surface area contributed by atoms with Crippen molar-refractivity contribution < 1.29 is 19.0 Å². The largest absolute Gasteiger partial charge is 0.379 e. The van der Waals surface area contributed by atoms with E-state index in [2.05, 4.69) is 25.5 Å². The van der Waals surface area contributed by atoms with Crippen LogP contribution in [0.15, 0.2) is 41.2 Å². The zero-order chi connectivity index (χ0) is 21.6. The molecule has 1 aromatic carbocycles. The lowest BCUT2D eigenvalue weighted by Crippen LogP contribution is -2.35. The third-order valence-corrected chi connectivity index (χ3v) is 4.78. The summed E-state index contributed by atoms with van der Waals surface area (Å²) in [4.78, 5) is 28.8. The van der Waals surface area contributed by atoms with Crippen molar-refractivity contribution in [2.24, 2.45) is 0 Å². The van der Waals surface area contributed by atoms with Crippen molar-refractivity contribution in [2.75, 3.05) is 26.3 Å². The van der Waals surface area contributed by atoms with E-state index >= 15 is 0 Å². The summed E-state index contributed by atoms with van der Waals surface area (Å²) < 4.78 is 11.6. The molecule has 1 fully saturated rings. The average Bonchev–Trinajstić information content (AvgIpc) is 3.44. The molecule has 0 radical (unpaired) electrons. The molecular weight excluding hydrogens is 406 g/mol. The Hall–Kier alpha value is -3.64. The highest BCUT2D eigenvalue weighted by Gasteiger charge is 2.17. The lowest BCUT2D eigenvalue weighted by Gasteiger charge is -2.26. The van der Waals surface area contributed by atoms with Crippen molar-refractivity contribution in [3.63, 3.8) is 0 Å². The number of nitrogens with zero attached hydrogens (tertiary/aromatic N) is 6. The van der Waals surface area contributed by atoms with Crippen LogP contribution in [0.2, 0.25) is 0 Å². The van der Waals surface area contributed by atoms with E-state index in [1.54, 1.807) is 0 Å². The zero-order valence-corrected chi connectivity index (χ0v) is 16.6. The lowest BCUT2D eigenvalue weighted by molar-refractivity contribution is -0.385. The van der Waals surface area contributed by atoms with Gasteiger partial charge in [0.05, 0.1) is 18.1 Å². The second-order valence-corrected chi connectivity index (χ2v) is 7.06. The Bertz CT molecular complexity index is 1040. The van der Waals surface area contributed by atoms with Crippen molar-refractivity contribution in [1.29, 1.82) is 0 Å². The number of carbonyl (C=O) groups is 1. The summed E-state index contributed by atoms with van der Waals surface area (Å²) in [6.45, 7) is 4.64.